The van der Waals surface area contributed by atoms with Crippen LogP contribution >= 0.6 is 46.5 Å². The van der Waals surface area contributed by atoms with Crippen molar-refractivity contribution in [3.63, 3.8) is 0 Å². The summed E-state index contributed by atoms with van der Waals surface area (Å²) < 4.78 is 0.871. The number of thioether (sulfide) groups is 2. The molecule has 1 heterocycles. The molecule has 0 fully saturated rings. The fraction of sp³-hybridized carbons (Fsp3) is 0.357. The van der Waals surface area contributed by atoms with Crippen molar-refractivity contribution in [3.05, 3.63) is 29.3 Å². The molecule has 8 heteroatoms. The lowest BCUT2D eigenvalue weighted by Gasteiger charge is -2.13. The average molecular weight is 374 g/mol. The van der Waals surface area contributed by atoms with E-state index in [0.717, 1.165) is 21.4 Å². The molecule has 118 valence electrons. The number of nitrogens with zero attached hydrogens (tertiary/aromatic N) is 2. The van der Waals surface area contributed by atoms with Gasteiger partial charge in [-0.3, -0.25) is 10.1 Å². The second kappa shape index (κ2) is 8.76. The van der Waals surface area contributed by atoms with E-state index in [2.05, 4.69) is 22.4 Å². The Morgan fingerprint density at radius 3 is 2.68 bits per heavy atom. The SMILES string of the molecule is CCSc1nnc(NC(=O)[C@H](CC)Sc2ccc(Cl)cc2)s1. The van der Waals surface area contributed by atoms with E-state index in [1.165, 1.54) is 23.1 Å². The summed E-state index contributed by atoms with van der Waals surface area (Å²) in [5, 5.41) is 12.0. The molecule has 0 bridgehead atoms. The topological polar surface area (TPSA) is 54.9 Å². The summed E-state index contributed by atoms with van der Waals surface area (Å²) in [5.41, 5.74) is 0. The number of anilines is 1. The molecule has 1 atom stereocenters. The van der Waals surface area contributed by atoms with Gasteiger partial charge >= 0.3 is 0 Å². The van der Waals surface area contributed by atoms with Crippen LogP contribution in [0.1, 0.15) is 20.3 Å². The van der Waals surface area contributed by atoms with E-state index in [1.54, 1.807) is 11.8 Å². The third kappa shape index (κ3) is 5.15. The predicted molar refractivity (Wildman–Crippen MR) is 96.3 cm³/mol. The van der Waals surface area contributed by atoms with E-state index < -0.39 is 0 Å². The lowest BCUT2D eigenvalue weighted by molar-refractivity contribution is -0.115. The molecule has 2 aromatic rings. The summed E-state index contributed by atoms with van der Waals surface area (Å²) in [6.07, 6.45) is 0.731. The lowest BCUT2D eigenvalue weighted by atomic mass is 10.3. The van der Waals surface area contributed by atoms with Gasteiger partial charge in [-0.2, -0.15) is 0 Å². The lowest BCUT2D eigenvalue weighted by Crippen LogP contribution is -2.24. The maximum Gasteiger partial charge on any atom is 0.239 e. The standard InChI is InChI=1S/C14H16ClN3OS3/c1-3-11(21-10-7-5-9(15)6-8-10)12(19)16-13-17-18-14(22-13)20-4-2/h5-8,11H,3-4H2,1-2H3,(H,16,17,19)/t11-/m0/s1. The molecule has 0 unspecified atom stereocenters. The summed E-state index contributed by atoms with van der Waals surface area (Å²) >= 11 is 10.4. The molecule has 1 aromatic heterocycles. The van der Waals surface area contributed by atoms with E-state index in [0.29, 0.717) is 10.2 Å². The molecule has 0 radical (unpaired) electrons. The van der Waals surface area contributed by atoms with Gasteiger partial charge in [0, 0.05) is 9.92 Å². The number of nitrogens with one attached hydrogen (secondary N) is 1. The van der Waals surface area contributed by atoms with Crippen molar-refractivity contribution in [2.45, 2.75) is 34.8 Å². The number of carbonyl (C=O) groups is 1. The van der Waals surface area contributed by atoms with Gasteiger partial charge < -0.3 is 0 Å². The summed E-state index contributed by atoms with van der Waals surface area (Å²) in [5.74, 6) is 0.888. The van der Waals surface area contributed by atoms with Crippen LogP contribution in [-0.4, -0.2) is 27.1 Å². The molecule has 0 aliphatic carbocycles. The van der Waals surface area contributed by atoms with Gasteiger partial charge in [-0.25, -0.2) is 0 Å². The number of hydrogen-bond donors (Lipinski definition) is 1. The van der Waals surface area contributed by atoms with Gasteiger partial charge in [0.1, 0.15) is 0 Å². The van der Waals surface area contributed by atoms with Crippen molar-refractivity contribution in [3.8, 4) is 0 Å². The van der Waals surface area contributed by atoms with Gasteiger partial charge in [0.25, 0.3) is 0 Å². The summed E-state index contributed by atoms with van der Waals surface area (Å²) in [6.45, 7) is 4.05. The zero-order chi connectivity index (χ0) is 15.9. The summed E-state index contributed by atoms with van der Waals surface area (Å²) in [6, 6.07) is 7.49. The normalized spacial score (nSPS) is 12.1. The fourth-order valence-corrected chi connectivity index (χ4v) is 4.36. The number of aromatic nitrogens is 2. The number of hydrogen-bond acceptors (Lipinski definition) is 6. The highest BCUT2D eigenvalue weighted by Gasteiger charge is 2.19. The van der Waals surface area contributed by atoms with Gasteiger partial charge in [-0.1, -0.05) is 48.5 Å². The van der Waals surface area contributed by atoms with E-state index in [9.17, 15) is 4.79 Å². The van der Waals surface area contributed by atoms with Crippen molar-refractivity contribution in [1.82, 2.24) is 10.2 Å². The predicted octanol–water partition coefficient (Wildman–Crippen LogP) is 4.81. The third-order valence-electron chi connectivity index (χ3n) is 2.66. The van der Waals surface area contributed by atoms with Gasteiger partial charge in [-0.15, -0.1) is 22.0 Å². The first-order valence-electron chi connectivity index (χ1n) is 6.81. The summed E-state index contributed by atoms with van der Waals surface area (Å²) in [7, 11) is 0. The molecule has 1 N–H and O–H groups in total. The number of halogens is 1. The Bertz CT molecular complexity index is 618. The van der Waals surface area contributed by atoms with Crippen molar-refractivity contribution >= 4 is 57.5 Å². The second-order valence-electron chi connectivity index (χ2n) is 4.26. The van der Waals surface area contributed by atoms with E-state index >= 15 is 0 Å². The second-order valence-corrected chi connectivity index (χ2v) is 8.47. The third-order valence-corrected chi connectivity index (χ3v) is 6.14. The maximum absolute atomic E-state index is 12.4. The Morgan fingerprint density at radius 2 is 2.05 bits per heavy atom. The number of amides is 1. The molecular formula is C14H16ClN3OS3. The Morgan fingerprint density at radius 1 is 1.32 bits per heavy atom. The monoisotopic (exact) mass is 373 g/mol. The maximum atomic E-state index is 12.4. The van der Waals surface area contributed by atoms with Crippen LogP contribution in [0.25, 0.3) is 0 Å². The van der Waals surface area contributed by atoms with Crippen molar-refractivity contribution < 1.29 is 4.79 Å². The van der Waals surface area contributed by atoms with Crippen LogP contribution in [0.15, 0.2) is 33.5 Å². The van der Waals surface area contributed by atoms with Gasteiger partial charge in [0.05, 0.1) is 5.25 Å². The molecule has 1 amide bonds. The van der Waals surface area contributed by atoms with Crippen molar-refractivity contribution in [2.75, 3.05) is 11.1 Å². The van der Waals surface area contributed by atoms with Crippen molar-refractivity contribution in [1.29, 1.82) is 0 Å². The van der Waals surface area contributed by atoms with Crippen LogP contribution in [0.2, 0.25) is 5.02 Å². The first-order chi connectivity index (χ1) is 10.6. The minimum Gasteiger partial charge on any atom is -0.300 e. The Labute approximate surface area is 147 Å². The van der Waals surface area contributed by atoms with Gasteiger partial charge in [0.15, 0.2) is 4.34 Å². The first-order valence-corrected chi connectivity index (χ1v) is 9.87. The van der Waals surface area contributed by atoms with Crippen molar-refractivity contribution in [2.24, 2.45) is 0 Å². The van der Waals surface area contributed by atoms with Gasteiger partial charge in [-0.05, 0) is 36.4 Å². The Balaban J connectivity index is 1.97. The molecule has 0 aliphatic rings. The quantitative estimate of drug-likeness (QED) is 0.557. The molecular weight excluding hydrogens is 358 g/mol. The van der Waals surface area contributed by atoms with Crippen LogP contribution in [0.4, 0.5) is 5.13 Å². The number of carbonyl (C=O) groups excluding carboxylic acids is 1. The average Bonchev–Trinajstić information content (AvgIpc) is 2.94. The van der Waals surface area contributed by atoms with Crippen LogP contribution in [-0.2, 0) is 4.79 Å². The first kappa shape index (κ1) is 17.6. The Kier molecular flexibility index (Phi) is 7.01. The van der Waals surface area contributed by atoms with Crippen LogP contribution in [0.3, 0.4) is 0 Å². The molecule has 0 saturated carbocycles. The molecule has 2 rings (SSSR count). The Hall–Kier alpha value is -0.760. The molecule has 4 nitrogen and oxygen atoms in total. The highest BCUT2D eigenvalue weighted by atomic mass is 35.5. The van der Waals surface area contributed by atoms with Crippen LogP contribution in [0.5, 0.6) is 0 Å². The molecule has 22 heavy (non-hydrogen) atoms. The molecule has 0 spiro atoms. The molecule has 0 aliphatic heterocycles. The minimum absolute atomic E-state index is 0.0494. The van der Waals surface area contributed by atoms with Gasteiger partial charge in [0.2, 0.25) is 11.0 Å². The highest BCUT2D eigenvalue weighted by molar-refractivity contribution is 8.01. The van der Waals surface area contributed by atoms with Crippen LogP contribution < -0.4 is 5.32 Å². The number of benzene rings is 1. The zero-order valence-electron chi connectivity index (χ0n) is 12.2. The highest BCUT2D eigenvalue weighted by Crippen LogP contribution is 2.29. The molecule has 0 saturated heterocycles. The number of rotatable bonds is 7. The van der Waals surface area contributed by atoms with E-state index in [1.807, 2.05) is 31.2 Å². The minimum atomic E-state index is -0.174. The zero-order valence-corrected chi connectivity index (χ0v) is 15.4. The van der Waals surface area contributed by atoms with E-state index in [4.69, 9.17) is 11.6 Å². The smallest absolute Gasteiger partial charge is 0.239 e. The summed E-state index contributed by atoms with van der Waals surface area (Å²) in [4.78, 5) is 13.4. The largest absolute Gasteiger partial charge is 0.300 e. The van der Waals surface area contributed by atoms with E-state index in [-0.39, 0.29) is 11.2 Å². The molecule has 1 aromatic carbocycles. The van der Waals surface area contributed by atoms with Crippen LogP contribution in [0, 0.1) is 0 Å². The fourth-order valence-electron chi connectivity index (χ4n) is 1.63.